The van der Waals surface area contributed by atoms with Crippen LogP contribution < -0.4 is 10.9 Å². The number of benzene rings is 1. The molecule has 33 heavy (non-hydrogen) atoms. The first-order chi connectivity index (χ1) is 15.9. The molecule has 1 aromatic carbocycles. The molecule has 2 heterocycles. The van der Waals surface area contributed by atoms with Crippen LogP contribution in [0.15, 0.2) is 28.2 Å². The minimum absolute atomic E-state index is 0.0603. The van der Waals surface area contributed by atoms with Gasteiger partial charge in [0.1, 0.15) is 10.4 Å². The molecule has 0 saturated heterocycles. The standard InChI is InChI=1S/C25H26N4O2S2/c1-15-8-9-17(12-16(15)2)29-23(31)21-18-6-5-7-19(18)33-22(21)27-24(29)32-13-20(30)28-25(14-26)10-3-4-11-25/h8-9,12H,3-7,10-11,13H2,1-2H3,(H,28,30). The molecule has 5 rings (SSSR count). The molecule has 0 aliphatic heterocycles. The van der Waals surface area contributed by atoms with E-state index in [1.807, 2.05) is 32.0 Å². The first kappa shape index (κ1) is 22.2. The minimum atomic E-state index is -0.753. The van der Waals surface area contributed by atoms with Crippen molar-refractivity contribution in [2.75, 3.05) is 5.75 Å². The summed E-state index contributed by atoms with van der Waals surface area (Å²) in [6, 6.07) is 8.26. The van der Waals surface area contributed by atoms with Crippen molar-refractivity contribution in [3.05, 3.63) is 50.1 Å². The molecule has 1 N–H and O–H groups in total. The van der Waals surface area contributed by atoms with Crippen molar-refractivity contribution in [3.8, 4) is 11.8 Å². The predicted molar refractivity (Wildman–Crippen MR) is 132 cm³/mol. The van der Waals surface area contributed by atoms with Gasteiger partial charge < -0.3 is 5.32 Å². The second-order valence-corrected chi connectivity index (χ2v) is 11.1. The lowest BCUT2D eigenvalue weighted by molar-refractivity contribution is -0.119. The van der Waals surface area contributed by atoms with Gasteiger partial charge in [-0.3, -0.25) is 14.2 Å². The van der Waals surface area contributed by atoms with Crippen LogP contribution >= 0.6 is 23.1 Å². The number of carbonyl (C=O) groups excluding carboxylic acids is 1. The van der Waals surface area contributed by atoms with Crippen molar-refractivity contribution in [3.63, 3.8) is 0 Å². The molecule has 1 amide bonds. The van der Waals surface area contributed by atoms with Crippen molar-refractivity contribution >= 4 is 39.2 Å². The Kier molecular flexibility index (Phi) is 5.79. The Bertz CT molecular complexity index is 1360. The van der Waals surface area contributed by atoms with E-state index >= 15 is 0 Å². The van der Waals surface area contributed by atoms with Crippen LogP contribution in [0.2, 0.25) is 0 Å². The van der Waals surface area contributed by atoms with Gasteiger partial charge in [-0.2, -0.15) is 5.26 Å². The number of fused-ring (bicyclic) bond motifs is 3. The van der Waals surface area contributed by atoms with E-state index in [2.05, 4.69) is 11.4 Å². The van der Waals surface area contributed by atoms with Crippen LogP contribution in [-0.2, 0) is 17.6 Å². The largest absolute Gasteiger partial charge is 0.337 e. The molecule has 8 heteroatoms. The maximum Gasteiger partial charge on any atom is 0.267 e. The van der Waals surface area contributed by atoms with Gasteiger partial charge in [-0.05, 0) is 87.6 Å². The van der Waals surface area contributed by atoms with E-state index in [-0.39, 0.29) is 17.2 Å². The van der Waals surface area contributed by atoms with Crippen molar-refractivity contribution in [2.45, 2.75) is 69.5 Å². The summed E-state index contributed by atoms with van der Waals surface area (Å²) in [5.74, 6) is -0.0878. The number of carbonyl (C=O) groups is 1. The Labute approximate surface area is 201 Å². The van der Waals surface area contributed by atoms with Crippen LogP contribution in [0.3, 0.4) is 0 Å². The zero-order valence-corrected chi connectivity index (χ0v) is 20.5. The van der Waals surface area contributed by atoms with Crippen LogP contribution in [0.1, 0.15) is 53.7 Å². The van der Waals surface area contributed by atoms with Crippen LogP contribution in [0, 0.1) is 25.2 Å². The molecule has 2 aliphatic carbocycles. The molecule has 2 aliphatic rings. The highest BCUT2D eigenvalue weighted by Gasteiger charge is 2.35. The number of thioether (sulfide) groups is 1. The van der Waals surface area contributed by atoms with Gasteiger partial charge in [-0.25, -0.2) is 4.98 Å². The molecule has 0 unspecified atom stereocenters. The highest BCUT2D eigenvalue weighted by Crippen LogP contribution is 2.36. The molecule has 0 radical (unpaired) electrons. The van der Waals surface area contributed by atoms with E-state index in [0.29, 0.717) is 18.0 Å². The smallest absolute Gasteiger partial charge is 0.267 e. The molecule has 6 nitrogen and oxygen atoms in total. The van der Waals surface area contributed by atoms with E-state index in [4.69, 9.17) is 4.98 Å². The number of aromatic nitrogens is 2. The summed E-state index contributed by atoms with van der Waals surface area (Å²) in [7, 11) is 0. The summed E-state index contributed by atoms with van der Waals surface area (Å²) in [5, 5.41) is 13.8. The molecule has 0 spiro atoms. The third kappa shape index (κ3) is 3.98. The number of rotatable bonds is 5. The van der Waals surface area contributed by atoms with Crippen LogP contribution in [0.4, 0.5) is 0 Å². The molecule has 1 fully saturated rings. The lowest BCUT2D eigenvalue weighted by Crippen LogP contribution is -2.45. The summed E-state index contributed by atoms with van der Waals surface area (Å²) < 4.78 is 1.66. The van der Waals surface area contributed by atoms with Gasteiger partial charge in [0.25, 0.3) is 5.56 Å². The molecule has 0 bridgehead atoms. The van der Waals surface area contributed by atoms with Gasteiger partial charge in [-0.15, -0.1) is 11.3 Å². The number of hydrogen-bond donors (Lipinski definition) is 1. The third-order valence-electron chi connectivity index (χ3n) is 6.84. The summed E-state index contributed by atoms with van der Waals surface area (Å²) in [6.45, 7) is 4.07. The predicted octanol–water partition coefficient (Wildman–Crippen LogP) is 4.60. The quantitative estimate of drug-likeness (QED) is 0.428. The summed E-state index contributed by atoms with van der Waals surface area (Å²) in [5.41, 5.74) is 3.36. The summed E-state index contributed by atoms with van der Waals surface area (Å²) >= 11 is 2.87. The maximum atomic E-state index is 13.8. The summed E-state index contributed by atoms with van der Waals surface area (Å²) in [4.78, 5) is 33.4. The van der Waals surface area contributed by atoms with Crippen LogP contribution in [0.25, 0.3) is 15.9 Å². The van der Waals surface area contributed by atoms with Crippen molar-refractivity contribution < 1.29 is 4.79 Å². The van der Waals surface area contributed by atoms with Crippen LogP contribution in [-0.4, -0.2) is 26.8 Å². The van der Waals surface area contributed by atoms with E-state index in [1.165, 1.54) is 16.6 Å². The zero-order chi connectivity index (χ0) is 23.2. The normalized spacial score (nSPS) is 16.6. The Morgan fingerprint density at radius 2 is 2.03 bits per heavy atom. The average molecular weight is 479 g/mol. The number of nitriles is 1. The number of amides is 1. The van der Waals surface area contributed by atoms with E-state index in [9.17, 15) is 14.9 Å². The van der Waals surface area contributed by atoms with Gasteiger partial charge in [0.05, 0.1) is 22.9 Å². The Morgan fingerprint density at radius 1 is 1.24 bits per heavy atom. The number of thiophene rings is 1. The number of hydrogen-bond acceptors (Lipinski definition) is 6. The third-order valence-corrected chi connectivity index (χ3v) is 8.96. The molecule has 0 atom stereocenters. The average Bonchev–Trinajstić information content (AvgIpc) is 3.51. The molecular formula is C25H26N4O2S2. The van der Waals surface area contributed by atoms with Crippen molar-refractivity contribution in [1.29, 1.82) is 5.26 Å². The Balaban J connectivity index is 1.53. The number of nitrogens with one attached hydrogen (secondary N) is 1. The van der Waals surface area contributed by atoms with Gasteiger partial charge in [0.15, 0.2) is 5.16 Å². The molecule has 1 saturated carbocycles. The first-order valence-corrected chi connectivity index (χ1v) is 13.2. The lowest BCUT2D eigenvalue weighted by Gasteiger charge is -2.22. The number of aryl methyl sites for hydroxylation is 4. The molecule has 3 aromatic rings. The second-order valence-electron chi connectivity index (χ2n) is 9.08. The van der Waals surface area contributed by atoms with Gasteiger partial charge in [-0.1, -0.05) is 17.8 Å². The SMILES string of the molecule is Cc1ccc(-n2c(SCC(=O)NC3(C#N)CCCC3)nc3sc4c(c3c2=O)CCC4)cc1C. The fraction of sp³-hybridized carbons (Fsp3) is 0.440. The van der Waals surface area contributed by atoms with E-state index < -0.39 is 5.54 Å². The fourth-order valence-corrected chi connectivity index (χ4v) is 7.01. The highest BCUT2D eigenvalue weighted by molar-refractivity contribution is 7.99. The van der Waals surface area contributed by atoms with Gasteiger partial charge >= 0.3 is 0 Å². The molecular weight excluding hydrogens is 452 g/mol. The van der Waals surface area contributed by atoms with Gasteiger partial charge in [0, 0.05) is 4.88 Å². The highest BCUT2D eigenvalue weighted by atomic mass is 32.2. The zero-order valence-electron chi connectivity index (χ0n) is 18.9. The minimum Gasteiger partial charge on any atom is -0.337 e. The fourth-order valence-electron chi connectivity index (χ4n) is 4.89. The van der Waals surface area contributed by atoms with Crippen LogP contribution in [0.5, 0.6) is 0 Å². The second kappa shape index (κ2) is 8.62. The number of nitrogens with zero attached hydrogens (tertiary/aromatic N) is 3. The Hall–Kier alpha value is -2.63. The van der Waals surface area contributed by atoms with E-state index in [1.54, 1.807) is 15.9 Å². The van der Waals surface area contributed by atoms with E-state index in [0.717, 1.165) is 64.7 Å². The molecule has 170 valence electrons. The molecule has 2 aromatic heterocycles. The lowest BCUT2D eigenvalue weighted by atomic mass is 10.0. The topological polar surface area (TPSA) is 87.8 Å². The maximum absolute atomic E-state index is 13.8. The van der Waals surface area contributed by atoms with Gasteiger partial charge in [0.2, 0.25) is 5.91 Å². The van der Waals surface area contributed by atoms with Crippen molar-refractivity contribution in [1.82, 2.24) is 14.9 Å². The monoisotopic (exact) mass is 478 g/mol. The first-order valence-electron chi connectivity index (χ1n) is 11.4. The Morgan fingerprint density at radius 3 is 2.76 bits per heavy atom. The van der Waals surface area contributed by atoms with Crippen molar-refractivity contribution in [2.24, 2.45) is 0 Å². The summed E-state index contributed by atoms with van der Waals surface area (Å²) in [6.07, 6.45) is 6.29.